The number of anilines is 1. The van der Waals surface area contributed by atoms with E-state index >= 15 is 0 Å². The second-order valence-electron chi connectivity index (χ2n) is 8.68. The molecule has 2 heterocycles. The van der Waals surface area contributed by atoms with Crippen LogP contribution in [0.1, 0.15) is 31.7 Å². The Kier molecular flexibility index (Phi) is 8.67. The van der Waals surface area contributed by atoms with Crippen LogP contribution in [0.25, 0.3) is 0 Å². The second-order valence-corrected chi connectivity index (χ2v) is 8.68. The van der Waals surface area contributed by atoms with Gasteiger partial charge in [0.05, 0.1) is 13.2 Å². The molecule has 0 radical (unpaired) electrons. The van der Waals surface area contributed by atoms with E-state index in [4.69, 9.17) is 4.74 Å². The van der Waals surface area contributed by atoms with Crippen molar-refractivity contribution in [2.75, 3.05) is 57.9 Å². The molecule has 6 nitrogen and oxygen atoms in total. The molecule has 170 valence electrons. The molecule has 0 N–H and O–H groups in total. The van der Waals surface area contributed by atoms with E-state index in [9.17, 15) is 9.59 Å². The van der Waals surface area contributed by atoms with E-state index in [1.54, 1.807) is 7.11 Å². The molecule has 3 rings (SSSR count). The van der Waals surface area contributed by atoms with Crippen molar-refractivity contribution in [2.24, 2.45) is 11.8 Å². The number of amides is 2. The average Bonchev–Trinajstić information content (AvgIpc) is 2.95. The minimum absolute atomic E-state index is 0.0490. The maximum Gasteiger partial charge on any atom is 0.241 e. The van der Waals surface area contributed by atoms with Gasteiger partial charge in [0.2, 0.25) is 11.8 Å². The van der Waals surface area contributed by atoms with Gasteiger partial charge in [0, 0.05) is 38.3 Å². The van der Waals surface area contributed by atoms with E-state index in [1.165, 1.54) is 0 Å². The summed E-state index contributed by atoms with van der Waals surface area (Å²) in [5.74, 6) is 0.831. The number of piperidine rings is 1. The van der Waals surface area contributed by atoms with Crippen molar-refractivity contribution < 1.29 is 14.3 Å². The van der Waals surface area contributed by atoms with Gasteiger partial charge in [0.15, 0.2) is 0 Å². The summed E-state index contributed by atoms with van der Waals surface area (Å²) in [6.45, 7) is 8.81. The number of nitrogens with zero attached hydrogens (tertiary/aromatic N) is 3. The third-order valence-electron chi connectivity index (χ3n) is 6.57. The molecular weight excluding hydrogens is 390 g/mol. The number of hydrogen-bond acceptors (Lipinski definition) is 4. The molecule has 2 aliphatic heterocycles. The molecule has 6 heteroatoms. The normalized spacial score (nSPS) is 20.7. The summed E-state index contributed by atoms with van der Waals surface area (Å²) in [7, 11) is 1.67. The Balaban J connectivity index is 1.54. The summed E-state index contributed by atoms with van der Waals surface area (Å²) in [5, 5.41) is 0. The molecule has 1 fully saturated rings. The van der Waals surface area contributed by atoms with Crippen LogP contribution < -0.4 is 4.90 Å². The van der Waals surface area contributed by atoms with Crippen molar-refractivity contribution in [3.8, 4) is 0 Å². The molecule has 2 amide bonds. The van der Waals surface area contributed by atoms with Crippen molar-refractivity contribution in [3.05, 3.63) is 42.0 Å². The lowest BCUT2D eigenvalue weighted by Gasteiger charge is -2.37. The number of benzene rings is 1. The highest BCUT2D eigenvalue weighted by atomic mass is 16.5. The SMILES string of the molecule is CCN(C(=O)CN1CCC(C2CC=CCN(CCOC)C2=O)CC1)c1cccc(C)c1. The Morgan fingerprint density at radius 1 is 1.23 bits per heavy atom. The molecule has 0 aromatic heterocycles. The summed E-state index contributed by atoms with van der Waals surface area (Å²) >= 11 is 0. The number of carbonyl (C=O) groups excluding carboxylic acids is 2. The van der Waals surface area contributed by atoms with E-state index in [2.05, 4.69) is 23.1 Å². The summed E-state index contributed by atoms with van der Waals surface area (Å²) in [5.41, 5.74) is 2.13. The first kappa shape index (κ1) is 23.5. The monoisotopic (exact) mass is 427 g/mol. The molecule has 2 aliphatic rings. The summed E-state index contributed by atoms with van der Waals surface area (Å²) in [4.78, 5) is 32.1. The number of likely N-dealkylation sites (N-methyl/N-ethyl adjacent to an activating group) is 1. The minimum atomic E-state index is 0.0490. The van der Waals surface area contributed by atoms with E-state index in [1.807, 2.05) is 41.8 Å². The average molecular weight is 428 g/mol. The number of ether oxygens (including phenoxy) is 1. The van der Waals surface area contributed by atoms with Crippen molar-refractivity contribution >= 4 is 17.5 Å². The van der Waals surface area contributed by atoms with Crippen LogP contribution in [0.2, 0.25) is 0 Å². The molecule has 0 aliphatic carbocycles. The topological polar surface area (TPSA) is 53.1 Å². The third-order valence-corrected chi connectivity index (χ3v) is 6.57. The molecule has 1 aromatic carbocycles. The zero-order chi connectivity index (χ0) is 22.2. The lowest BCUT2D eigenvalue weighted by Crippen LogP contribution is -2.46. The Morgan fingerprint density at radius 2 is 2.00 bits per heavy atom. The number of allylic oxidation sites excluding steroid dienone is 1. The molecule has 1 unspecified atom stereocenters. The van der Waals surface area contributed by atoms with Gasteiger partial charge in [-0.15, -0.1) is 0 Å². The van der Waals surface area contributed by atoms with Gasteiger partial charge in [-0.05, 0) is 69.8 Å². The van der Waals surface area contributed by atoms with Crippen LogP contribution in [0.15, 0.2) is 36.4 Å². The first-order valence-electron chi connectivity index (χ1n) is 11.6. The Labute approximate surface area is 186 Å². The van der Waals surface area contributed by atoms with Gasteiger partial charge in [0.25, 0.3) is 0 Å². The first-order valence-corrected chi connectivity index (χ1v) is 11.6. The largest absolute Gasteiger partial charge is 0.383 e. The second kappa shape index (κ2) is 11.4. The lowest BCUT2D eigenvalue weighted by atomic mass is 9.81. The zero-order valence-electron chi connectivity index (χ0n) is 19.3. The molecule has 0 bridgehead atoms. The lowest BCUT2D eigenvalue weighted by molar-refractivity contribution is -0.138. The highest BCUT2D eigenvalue weighted by Crippen LogP contribution is 2.30. The number of hydrogen-bond donors (Lipinski definition) is 0. The highest BCUT2D eigenvalue weighted by molar-refractivity contribution is 5.94. The summed E-state index contributed by atoms with van der Waals surface area (Å²) in [6, 6.07) is 8.11. The number of aryl methyl sites for hydroxylation is 1. The number of rotatable bonds is 8. The van der Waals surface area contributed by atoms with E-state index in [0.717, 1.165) is 43.6 Å². The first-order chi connectivity index (χ1) is 15.0. The number of likely N-dealkylation sites (tertiary alicyclic amines) is 1. The van der Waals surface area contributed by atoms with Gasteiger partial charge in [-0.3, -0.25) is 14.5 Å². The van der Waals surface area contributed by atoms with Gasteiger partial charge < -0.3 is 14.5 Å². The molecule has 1 atom stereocenters. The van der Waals surface area contributed by atoms with Crippen molar-refractivity contribution in [3.63, 3.8) is 0 Å². The smallest absolute Gasteiger partial charge is 0.241 e. The maximum atomic E-state index is 13.1. The quantitative estimate of drug-likeness (QED) is 0.598. The molecule has 1 aromatic rings. The van der Waals surface area contributed by atoms with Gasteiger partial charge in [-0.2, -0.15) is 0 Å². The zero-order valence-corrected chi connectivity index (χ0v) is 19.3. The van der Waals surface area contributed by atoms with Gasteiger partial charge in [-0.1, -0.05) is 24.3 Å². The fraction of sp³-hybridized carbons (Fsp3) is 0.600. The predicted octanol–water partition coefficient (Wildman–Crippen LogP) is 3.11. The van der Waals surface area contributed by atoms with Crippen molar-refractivity contribution in [1.29, 1.82) is 0 Å². The van der Waals surface area contributed by atoms with Crippen LogP contribution >= 0.6 is 0 Å². The summed E-state index contributed by atoms with van der Waals surface area (Å²) in [6.07, 6.45) is 7.01. The van der Waals surface area contributed by atoms with Crippen molar-refractivity contribution in [2.45, 2.75) is 33.1 Å². The van der Waals surface area contributed by atoms with Crippen molar-refractivity contribution in [1.82, 2.24) is 9.80 Å². The minimum Gasteiger partial charge on any atom is -0.383 e. The third kappa shape index (κ3) is 6.17. The molecule has 0 spiro atoms. The Morgan fingerprint density at radius 3 is 2.68 bits per heavy atom. The fourth-order valence-electron chi connectivity index (χ4n) is 4.76. The fourth-order valence-corrected chi connectivity index (χ4v) is 4.76. The van der Waals surface area contributed by atoms with Gasteiger partial charge >= 0.3 is 0 Å². The number of carbonyl (C=O) groups is 2. The maximum absolute atomic E-state index is 13.1. The van der Waals surface area contributed by atoms with E-state index in [0.29, 0.717) is 38.7 Å². The Bertz CT molecular complexity index is 771. The van der Waals surface area contributed by atoms with Crippen LogP contribution in [0.5, 0.6) is 0 Å². The predicted molar refractivity (Wildman–Crippen MR) is 124 cm³/mol. The van der Waals surface area contributed by atoms with Crippen LogP contribution in [0.4, 0.5) is 5.69 Å². The Hall–Kier alpha value is -2.18. The van der Waals surface area contributed by atoms with Gasteiger partial charge in [0.1, 0.15) is 0 Å². The van der Waals surface area contributed by atoms with E-state index < -0.39 is 0 Å². The van der Waals surface area contributed by atoms with Crippen LogP contribution in [-0.2, 0) is 14.3 Å². The number of methoxy groups -OCH3 is 1. The molecular formula is C25H37N3O3. The highest BCUT2D eigenvalue weighted by Gasteiger charge is 2.34. The molecule has 1 saturated heterocycles. The van der Waals surface area contributed by atoms with Crippen LogP contribution in [0.3, 0.4) is 0 Å². The molecule has 0 saturated carbocycles. The standard InChI is InChI=1S/C25H37N3O3/c1-4-28(22-9-7-8-20(2)18-22)24(29)19-26-14-11-21(12-15-26)23-10-5-6-13-27(25(23)30)16-17-31-3/h5-9,18,21,23H,4,10-17,19H2,1-3H3. The van der Waals surface area contributed by atoms with Crippen LogP contribution in [-0.4, -0.2) is 74.6 Å². The summed E-state index contributed by atoms with van der Waals surface area (Å²) < 4.78 is 5.17. The van der Waals surface area contributed by atoms with Gasteiger partial charge in [-0.25, -0.2) is 0 Å². The van der Waals surface area contributed by atoms with E-state index in [-0.39, 0.29) is 17.7 Å². The molecule has 31 heavy (non-hydrogen) atoms. The van der Waals surface area contributed by atoms with Crippen LogP contribution in [0, 0.1) is 18.8 Å².